The van der Waals surface area contributed by atoms with Gasteiger partial charge in [0.15, 0.2) is 0 Å². The molecular weight excluding hydrogens is 458 g/mol. The number of hydrogen-bond acceptors (Lipinski definition) is 8. The van der Waals surface area contributed by atoms with Crippen molar-refractivity contribution in [1.29, 1.82) is 0 Å². The Bertz CT molecular complexity index is 1220. The van der Waals surface area contributed by atoms with Gasteiger partial charge in [-0.15, -0.1) is 0 Å². The molecule has 0 radical (unpaired) electrons. The van der Waals surface area contributed by atoms with E-state index in [2.05, 4.69) is 5.32 Å². The largest absolute Gasteiger partial charge is 0.467 e. The van der Waals surface area contributed by atoms with Crippen molar-refractivity contribution < 1.29 is 33.6 Å². The minimum atomic E-state index is -2.52. The molecular formula is C24H25N3O8. The quantitative estimate of drug-likeness (QED) is 0.295. The highest BCUT2D eigenvalue weighted by Crippen LogP contribution is 2.48. The SMILES string of the molecule is COC(=O)[C@@]1([C@@H](NC(=O)OC(C)(C)C)c2ccccc2[N+](=O)[O-])C(=O)c2ccccc2N1C(C)=O. The van der Waals surface area contributed by atoms with Crippen molar-refractivity contribution in [3.05, 3.63) is 69.8 Å². The molecule has 184 valence electrons. The standard InChI is InChI=1S/C24H25N3O8/c1-14(28)26-17-12-8-7-11-16(17)20(29)24(26,21(30)34-5)19(25-22(31)35-23(2,3)4)15-10-6-9-13-18(15)27(32)33/h6-13,19H,1-5H3,(H,25,31)/t19-,24+/m0/s1. The normalized spacial score (nSPS) is 17.9. The maximum absolute atomic E-state index is 13.9. The van der Waals surface area contributed by atoms with E-state index in [9.17, 15) is 29.3 Å². The van der Waals surface area contributed by atoms with Crippen molar-refractivity contribution >= 4 is 35.1 Å². The van der Waals surface area contributed by atoms with Crippen molar-refractivity contribution in [1.82, 2.24) is 5.32 Å². The molecule has 11 heteroatoms. The summed E-state index contributed by atoms with van der Waals surface area (Å²) in [5.74, 6) is -2.77. The minimum absolute atomic E-state index is 0.0164. The lowest BCUT2D eigenvalue weighted by molar-refractivity contribution is -0.385. The van der Waals surface area contributed by atoms with Crippen molar-refractivity contribution in [2.45, 2.75) is 44.9 Å². The highest BCUT2D eigenvalue weighted by atomic mass is 16.6. The maximum Gasteiger partial charge on any atom is 0.408 e. The summed E-state index contributed by atoms with van der Waals surface area (Å²) in [6, 6.07) is 9.54. The number of ether oxygens (including phenoxy) is 2. The number of alkyl carbamates (subject to hydrolysis) is 1. The number of ketones is 1. The van der Waals surface area contributed by atoms with Crippen LogP contribution in [0.15, 0.2) is 48.5 Å². The number of Topliss-reactive ketones (excluding diaryl/α,β-unsaturated/α-hetero) is 1. The van der Waals surface area contributed by atoms with Crippen LogP contribution < -0.4 is 10.2 Å². The number of carbonyl (C=O) groups excluding carboxylic acids is 4. The van der Waals surface area contributed by atoms with E-state index < -0.39 is 51.5 Å². The van der Waals surface area contributed by atoms with Gasteiger partial charge in [-0.1, -0.05) is 24.3 Å². The third kappa shape index (κ3) is 4.32. The lowest BCUT2D eigenvalue weighted by atomic mass is 9.80. The molecule has 1 aliphatic rings. The summed E-state index contributed by atoms with van der Waals surface area (Å²) in [5.41, 5.74) is -4.05. The molecule has 2 amide bonds. The van der Waals surface area contributed by atoms with Crippen LogP contribution in [-0.2, 0) is 19.1 Å². The second-order valence-corrected chi connectivity index (χ2v) is 8.85. The Kier molecular flexibility index (Phi) is 6.64. The van der Waals surface area contributed by atoms with Crippen LogP contribution in [0.2, 0.25) is 0 Å². The fourth-order valence-electron chi connectivity index (χ4n) is 4.22. The van der Waals surface area contributed by atoms with Gasteiger partial charge in [0.05, 0.1) is 23.3 Å². The molecule has 0 bridgehead atoms. The average molecular weight is 483 g/mol. The van der Waals surface area contributed by atoms with Gasteiger partial charge in [-0.3, -0.25) is 24.6 Å². The van der Waals surface area contributed by atoms with Crippen LogP contribution in [0, 0.1) is 10.1 Å². The molecule has 11 nitrogen and oxygen atoms in total. The first kappa shape index (κ1) is 25.3. The van der Waals surface area contributed by atoms with Gasteiger partial charge in [0.2, 0.25) is 17.2 Å². The molecule has 0 unspecified atom stereocenters. The van der Waals surface area contributed by atoms with Gasteiger partial charge < -0.3 is 14.8 Å². The van der Waals surface area contributed by atoms with Gasteiger partial charge in [-0.05, 0) is 39.0 Å². The number of nitrogens with zero attached hydrogens (tertiary/aromatic N) is 2. The molecule has 0 saturated heterocycles. The van der Waals surface area contributed by atoms with Crippen LogP contribution >= 0.6 is 0 Å². The molecule has 35 heavy (non-hydrogen) atoms. The van der Waals surface area contributed by atoms with Crippen molar-refractivity contribution in [3.63, 3.8) is 0 Å². The number of methoxy groups -OCH3 is 1. The van der Waals surface area contributed by atoms with Gasteiger partial charge in [0.25, 0.3) is 5.69 Å². The Labute approximate surface area is 201 Å². The van der Waals surface area contributed by atoms with E-state index in [4.69, 9.17) is 9.47 Å². The Morgan fingerprint density at radius 3 is 2.26 bits per heavy atom. The number of anilines is 1. The highest BCUT2D eigenvalue weighted by molar-refractivity contribution is 6.30. The van der Waals surface area contributed by atoms with Crippen molar-refractivity contribution in [3.8, 4) is 0 Å². The number of nitro groups is 1. The summed E-state index contributed by atoms with van der Waals surface area (Å²) in [6.07, 6.45) is -1.06. The van der Waals surface area contributed by atoms with Crippen LogP contribution in [0.3, 0.4) is 0 Å². The highest BCUT2D eigenvalue weighted by Gasteiger charge is 2.65. The second-order valence-electron chi connectivity index (χ2n) is 8.85. The summed E-state index contributed by atoms with van der Waals surface area (Å²) in [7, 11) is 1.02. The number of para-hydroxylation sites is 2. The average Bonchev–Trinajstić information content (AvgIpc) is 3.05. The molecule has 0 aliphatic carbocycles. The van der Waals surface area contributed by atoms with E-state index in [1.807, 2.05) is 0 Å². The van der Waals surface area contributed by atoms with E-state index in [1.165, 1.54) is 30.3 Å². The Balaban J connectivity index is 2.38. The minimum Gasteiger partial charge on any atom is -0.467 e. The van der Waals surface area contributed by atoms with Gasteiger partial charge in [-0.2, -0.15) is 0 Å². The predicted octanol–water partition coefficient (Wildman–Crippen LogP) is 3.32. The number of rotatable bonds is 5. The first-order chi connectivity index (χ1) is 16.4. The smallest absolute Gasteiger partial charge is 0.408 e. The Hall–Kier alpha value is -4.28. The third-order valence-corrected chi connectivity index (χ3v) is 5.42. The van der Waals surface area contributed by atoms with E-state index >= 15 is 0 Å². The molecule has 1 aliphatic heterocycles. The van der Waals surface area contributed by atoms with Crippen LogP contribution in [0.25, 0.3) is 0 Å². The van der Waals surface area contributed by atoms with Crippen molar-refractivity contribution in [2.75, 3.05) is 12.0 Å². The molecule has 2 atom stereocenters. The van der Waals surface area contributed by atoms with E-state index in [1.54, 1.807) is 32.9 Å². The number of nitrogens with one attached hydrogen (secondary N) is 1. The Morgan fingerprint density at radius 2 is 1.69 bits per heavy atom. The van der Waals surface area contributed by atoms with Gasteiger partial charge in [0.1, 0.15) is 11.6 Å². The number of amides is 2. The maximum atomic E-state index is 13.9. The number of benzene rings is 2. The fourth-order valence-corrected chi connectivity index (χ4v) is 4.22. The molecule has 3 rings (SSSR count). The topological polar surface area (TPSA) is 145 Å². The summed E-state index contributed by atoms with van der Waals surface area (Å²) in [5, 5.41) is 14.3. The molecule has 0 saturated carbocycles. The number of esters is 1. The third-order valence-electron chi connectivity index (χ3n) is 5.42. The van der Waals surface area contributed by atoms with Gasteiger partial charge >= 0.3 is 12.1 Å². The lowest BCUT2D eigenvalue weighted by Crippen LogP contribution is -2.66. The van der Waals surface area contributed by atoms with E-state index in [-0.39, 0.29) is 16.8 Å². The van der Waals surface area contributed by atoms with Gasteiger partial charge in [0, 0.05) is 18.6 Å². The monoisotopic (exact) mass is 483 g/mol. The Morgan fingerprint density at radius 1 is 1.09 bits per heavy atom. The second kappa shape index (κ2) is 9.16. The number of nitro benzene ring substituents is 1. The molecule has 2 aromatic rings. The zero-order valence-corrected chi connectivity index (χ0v) is 19.9. The predicted molar refractivity (Wildman–Crippen MR) is 124 cm³/mol. The first-order valence-corrected chi connectivity index (χ1v) is 10.6. The molecule has 1 N–H and O–H groups in total. The summed E-state index contributed by atoms with van der Waals surface area (Å²) < 4.78 is 10.3. The molecule has 2 aromatic carbocycles. The first-order valence-electron chi connectivity index (χ1n) is 10.6. The molecule has 0 fully saturated rings. The van der Waals surface area contributed by atoms with Crippen LogP contribution in [0.4, 0.5) is 16.2 Å². The molecule has 1 heterocycles. The fraction of sp³-hybridized carbons (Fsp3) is 0.333. The number of fused-ring (bicyclic) bond motifs is 1. The van der Waals surface area contributed by atoms with Gasteiger partial charge in [-0.25, -0.2) is 9.59 Å². The zero-order valence-electron chi connectivity index (χ0n) is 19.9. The number of carbonyl (C=O) groups is 4. The van der Waals surface area contributed by atoms with Crippen LogP contribution in [0.5, 0.6) is 0 Å². The number of hydrogen-bond donors (Lipinski definition) is 1. The summed E-state index contributed by atoms with van der Waals surface area (Å²) in [6.45, 7) is 5.93. The van der Waals surface area contributed by atoms with E-state index in [0.717, 1.165) is 25.0 Å². The zero-order chi connectivity index (χ0) is 26.1. The molecule has 0 aromatic heterocycles. The van der Waals surface area contributed by atoms with E-state index in [0.29, 0.717) is 0 Å². The molecule has 0 spiro atoms. The van der Waals surface area contributed by atoms with Crippen molar-refractivity contribution in [2.24, 2.45) is 0 Å². The summed E-state index contributed by atoms with van der Waals surface area (Å²) in [4.78, 5) is 65.4. The lowest BCUT2D eigenvalue weighted by Gasteiger charge is -2.40. The van der Waals surface area contributed by atoms with Crippen LogP contribution in [0.1, 0.15) is 49.7 Å². The summed E-state index contributed by atoms with van der Waals surface area (Å²) >= 11 is 0. The van der Waals surface area contributed by atoms with Crippen LogP contribution in [-0.4, -0.2) is 46.9 Å².